The van der Waals surface area contributed by atoms with Crippen LogP contribution in [0.5, 0.6) is 0 Å². The van der Waals surface area contributed by atoms with Crippen molar-refractivity contribution in [3.8, 4) is 0 Å². The van der Waals surface area contributed by atoms with Gasteiger partial charge in [-0.05, 0) is 79.1 Å². The molecule has 7 rings (SSSR count). The molecule has 2 heterocycles. The maximum atomic E-state index is 15.4. The highest BCUT2D eigenvalue weighted by atomic mass is 35.5. The third-order valence-corrected chi connectivity index (χ3v) is 11.7. The number of carbonyl (C=O) groups is 1. The number of halogens is 3. The quantitative estimate of drug-likeness (QED) is 0.199. The van der Waals surface area contributed by atoms with Gasteiger partial charge in [-0.15, -0.1) is 0 Å². The summed E-state index contributed by atoms with van der Waals surface area (Å²) in [5.41, 5.74) is 1.49. The van der Waals surface area contributed by atoms with Gasteiger partial charge in [-0.25, -0.2) is 17.8 Å². The van der Waals surface area contributed by atoms with Crippen molar-refractivity contribution in [1.82, 2.24) is 20.1 Å². The number of rotatable bonds is 11. The number of aromatic amines is 1. The molecule has 4 atom stereocenters. The molecule has 4 aromatic rings. The molecule has 1 amide bonds. The standard InChI is InChI=1S/C33H32Cl2FN5O4S/c34-23-12-10-21(11-13-23)31-32(22-4-3-5-24(35)16-22)45-29(17-30-37-19-38-39-30)33(42)41(31)28(20-8-9-20)18-40(46(43,44)25-14-15-25)27-7-2-1-6-26(27)36/h1-7,10-13,16,19-20,25,28-29,31-32H,8-9,14-15,17-18H2,(H,37,38,39)/t28-,29+,31-,32-/m1/s1. The van der Waals surface area contributed by atoms with Crippen LogP contribution in [-0.4, -0.2) is 58.3 Å². The fourth-order valence-corrected chi connectivity index (χ4v) is 8.56. The van der Waals surface area contributed by atoms with Gasteiger partial charge >= 0.3 is 0 Å². The highest BCUT2D eigenvalue weighted by Crippen LogP contribution is 2.49. The predicted octanol–water partition coefficient (Wildman–Crippen LogP) is 6.28. The van der Waals surface area contributed by atoms with Crippen LogP contribution < -0.4 is 4.31 Å². The average Bonchev–Trinajstić information content (AvgIpc) is 3.98. The Hall–Kier alpha value is -3.51. The molecule has 9 nitrogen and oxygen atoms in total. The second kappa shape index (κ2) is 12.6. The summed E-state index contributed by atoms with van der Waals surface area (Å²) in [4.78, 5) is 20.8. The summed E-state index contributed by atoms with van der Waals surface area (Å²) in [6.07, 6.45) is 2.46. The lowest BCUT2D eigenvalue weighted by Crippen LogP contribution is -2.59. The lowest BCUT2D eigenvalue weighted by atomic mass is 9.89. The number of hydrogen-bond donors (Lipinski definition) is 1. The van der Waals surface area contributed by atoms with Crippen LogP contribution in [0.4, 0.5) is 10.1 Å². The topological polar surface area (TPSA) is 108 Å². The highest BCUT2D eigenvalue weighted by Gasteiger charge is 2.52. The number of nitrogens with one attached hydrogen (secondary N) is 1. The van der Waals surface area contributed by atoms with Crippen LogP contribution >= 0.6 is 23.2 Å². The van der Waals surface area contributed by atoms with Crippen molar-refractivity contribution in [2.75, 3.05) is 10.8 Å². The molecule has 1 N–H and O–H groups in total. The molecule has 3 aliphatic rings. The number of amides is 1. The van der Waals surface area contributed by atoms with Crippen LogP contribution in [-0.2, 0) is 26.0 Å². The molecule has 0 bridgehead atoms. The largest absolute Gasteiger partial charge is 0.357 e. The van der Waals surface area contributed by atoms with Crippen molar-refractivity contribution in [1.29, 1.82) is 0 Å². The van der Waals surface area contributed by atoms with E-state index in [0.29, 0.717) is 28.7 Å². The fraction of sp³-hybridized carbons (Fsp3) is 0.364. The van der Waals surface area contributed by atoms with Gasteiger partial charge in [0.25, 0.3) is 5.91 Å². The molecule has 0 unspecified atom stereocenters. The number of ether oxygens (including phenoxy) is 1. The van der Waals surface area contributed by atoms with Crippen LogP contribution in [0.2, 0.25) is 10.0 Å². The minimum absolute atomic E-state index is 0.00790. The Labute approximate surface area is 276 Å². The van der Waals surface area contributed by atoms with Crippen LogP contribution in [0, 0.1) is 11.7 Å². The summed E-state index contributed by atoms with van der Waals surface area (Å²) in [7, 11) is -3.91. The van der Waals surface area contributed by atoms with E-state index in [-0.39, 0.29) is 30.5 Å². The Morgan fingerprint density at radius 3 is 2.39 bits per heavy atom. The summed E-state index contributed by atoms with van der Waals surface area (Å²) in [5.74, 6) is -0.487. The molecule has 1 aliphatic heterocycles. The van der Waals surface area contributed by atoms with Gasteiger partial charge in [0, 0.05) is 16.5 Å². The Morgan fingerprint density at radius 1 is 0.978 bits per heavy atom. The first kappa shape index (κ1) is 31.1. The molecule has 13 heteroatoms. The van der Waals surface area contributed by atoms with Gasteiger partial charge in [0.1, 0.15) is 30.2 Å². The van der Waals surface area contributed by atoms with Crippen molar-refractivity contribution < 1.29 is 22.3 Å². The first-order valence-corrected chi connectivity index (χ1v) is 17.6. The Kier molecular flexibility index (Phi) is 8.52. The van der Waals surface area contributed by atoms with Gasteiger partial charge in [-0.3, -0.25) is 14.2 Å². The zero-order chi connectivity index (χ0) is 32.0. The Morgan fingerprint density at radius 2 is 1.74 bits per heavy atom. The van der Waals surface area contributed by atoms with Gasteiger partial charge < -0.3 is 9.64 Å². The molecule has 240 valence electrons. The van der Waals surface area contributed by atoms with E-state index in [9.17, 15) is 13.2 Å². The second-order valence-electron chi connectivity index (χ2n) is 12.1. The monoisotopic (exact) mass is 683 g/mol. The molecule has 2 saturated carbocycles. The van der Waals surface area contributed by atoms with Crippen LogP contribution in [0.15, 0.2) is 79.1 Å². The van der Waals surface area contributed by atoms with Crippen molar-refractivity contribution in [3.05, 3.63) is 112 Å². The van der Waals surface area contributed by atoms with E-state index in [2.05, 4.69) is 15.2 Å². The van der Waals surface area contributed by atoms with E-state index in [1.54, 1.807) is 29.2 Å². The SMILES string of the molecule is O=C1[C@H](Cc2ncn[nH]2)O[C@H](c2cccc(Cl)c2)[C@@H](c2ccc(Cl)cc2)N1[C@H](CN(c1ccccc1F)S(=O)(=O)C1CC1)C1CC1. The summed E-state index contributed by atoms with van der Waals surface area (Å²) in [6.45, 7) is -0.0996. The van der Waals surface area contributed by atoms with Crippen molar-refractivity contribution in [3.63, 3.8) is 0 Å². The lowest BCUT2D eigenvalue weighted by molar-refractivity contribution is -0.179. The number of carbonyl (C=O) groups excluding carboxylic acids is 1. The van der Waals surface area contributed by atoms with E-state index in [1.165, 1.54) is 28.8 Å². The van der Waals surface area contributed by atoms with E-state index in [1.807, 2.05) is 30.3 Å². The fourth-order valence-electron chi connectivity index (χ4n) is 6.36. The summed E-state index contributed by atoms with van der Waals surface area (Å²) >= 11 is 12.8. The third-order valence-electron chi connectivity index (χ3n) is 8.91. The maximum absolute atomic E-state index is 15.4. The Bertz CT molecular complexity index is 1820. The first-order valence-electron chi connectivity index (χ1n) is 15.3. The molecule has 3 aromatic carbocycles. The number of benzene rings is 3. The van der Waals surface area contributed by atoms with Gasteiger partial charge in [-0.1, -0.05) is 59.6 Å². The molecule has 46 heavy (non-hydrogen) atoms. The molecule has 3 fully saturated rings. The zero-order valence-corrected chi connectivity index (χ0v) is 27.0. The van der Waals surface area contributed by atoms with E-state index >= 15 is 4.39 Å². The van der Waals surface area contributed by atoms with Crippen LogP contribution in [0.25, 0.3) is 0 Å². The predicted molar refractivity (Wildman–Crippen MR) is 172 cm³/mol. The number of aromatic nitrogens is 3. The summed E-state index contributed by atoms with van der Waals surface area (Å²) in [5, 5.41) is 7.21. The van der Waals surface area contributed by atoms with Crippen molar-refractivity contribution >= 4 is 44.8 Å². The smallest absolute Gasteiger partial charge is 0.253 e. The first-order chi connectivity index (χ1) is 22.2. The number of para-hydroxylation sites is 1. The average molecular weight is 685 g/mol. The number of nitrogens with zero attached hydrogens (tertiary/aromatic N) is 4. The molecular formula is C33H32Cl2FN5O4S. The highest BCUT2D eigenvalue weighted by molar-refractivity contribution is 7.93. The summed E-state index contributed by atoms with van der Waals surface area (Å²) in [6, 6.07) is 19.1. The minimum atomic E-state index is -3.91. The summed E-state index contributed by atoms with van der Waals surface area (Å²) < 4.78 is 51.1. The maximum Gasteiger partial charge on any atom is 0.253 e. The van der Waals surface area contributed by atoms with E-state index in [4.69, 9.17) is 27.9 Å². The molecule has 1 aromatic heterocycles. The number of morpholine rings is 1. The molecule has 0 radical (unpaired) electrons. The van der Waals surface area contributed by atoms with Crippen LogP contribution in [0.1, 0.15) is 54.8 Å². The van der Waals surface area contributed by atoms with Gasteiger partial charge in [0.15, 0.2) is 0 Å². The van der Waals surface area contributed by atoms with Gasteiger partial charge in [0.05, 0.1) is 29.6 Å². The zero-order valence-electron chi connectivity index (χ0n) is 24.7. The normalized spacial score (nSPS) is 22.5. The number of anilines is 1. The lowest BCUT2D eigenvalue weighted by Gasteiger charge is -2.49. The number of H-pyrrole nitrogens is 1. The second-order valence-corrected chi connectivity index (χ2v) is 15.1. The Balaban J connectivity index is 1.37. The van der Waals surface area contributed by atoms with Gasteiger partial charge in [-0.2, -0.15) is 5.10 Å². The molecular weight excluding hydrogens is 652 g/mol. The van der Waals surface area contributed by atoms with Crippen LogP contribution in [0.3, 0.4) is 0 Å². The van der Waals surface area contributed by atoms with Crippen molar-refractivity contribution in [2.24, 2.45) is 5.92 Å². The van der Waals surface area contributed by atoms with Gasteiger partial charge in [0.2, 0.25) is 10.0 Å². The number of sulfonamides is 1. The molecule has 0 spiro atoms. The van der Waals surface area contributed by atoms with E-state index in [0.717, 1.165) is 24.0 Å². The third kappa shape index (κ3) is 6.25. The number of hydrogen-bond acceptors (Lipinski definition) is 6. The molecule has 1 saturated heterocycles. The molecule has 2 aliphatic carbocycles. The minimum Gasteiger partial charge on any atom is -0.357 e. The van der Waals surface area contributed by atoms with E-state index < -0.39 is 45.4 Å². The van der Waals surface area contributed by atoms with Crippen molar-refractivity contribution in [2.45, 2.75) is 61.6 Å².